The lowest BCUT2D eigenvalue weighted by molar-refractivity contribution is -0.128. The molecule has 0 saturated heterocycles. The van der Waals surface area contributed by atoms with Gasteiger partial charge in [-0.1, -0.05) is 6.58 Å². The van der Waals surface area contributed by atoms with Crippen LogP contribution < -0.4 is 18.9 Å². The first-order valence-electron chi connectivity index (χ1n) is 9.11. The molecule has 7 nitrogen and oxygen atoms in total. The Labute approximate surface area is 178 Å². The monoisotopic (exact) mass is 418 g/mol. The number of hydrogen-bond acceptors (Lipinski definition) is 7. The van der Waals surface area contributed by atoms with Crippen molar-refractivity contribution in [1.82, 2.24) is 0 Å². The minimum Gasteiger partial charge on any atom is -0.497 e. The van der Waals surface area contributed by atoms with Crippen molar-refractivity contribution in [3.63, 3.8) is 0 Å². The predicted octanol–water partition coefficient (Wildman–Crippen LogP) is 4.23. The first-order chi connectivity index (χ1) is 15.0. The van der Waals surface area contributed by atoms with Gasteiger partial charge in [0.25, 0.3) is 0 Å². The second-order valence-electron chi connectivity index (χ2n) is 6.13. The van der Waals surface area contributed by atoms with Crippen LogP contribution in [-0.2, 0) is 4.79 Å². The van der Waals surface area contributed by atoms with Crippen LogP contribution in [-0.4, -0.2) is 25.0 Å². The Bertz CT molecular complexity index is 1080. The summed E-state index contributed by atoms with van der Waals surface area (Å²) >= 11 is 0. The van der Waals surface area contributed by atoms with E-state index in [1.807, 2.05) is 0 Å². The minimum atomic E-state index is -0.594. The van der Waals surface area contributed by atoms with Gasteiger partial charge in [-0.3, -0.25) is 0 Å². The van der Waals surface area contributed by atoms with Crippen LogP contribution in [0.5, 0.6) is 23.0 Å². The molecule has 31 heavy (non-hydrogen) atoms. The Kier molecular flexibility index (Phi) is 6.80. The molecule has 0 aliphatic rings. The van der Waals surface area contributed by atoms with Crippen LogP contribution in [0.2, 0.25) is 0 Å². The molecule has 0 fully saturated rings. The third-order valence-corrected chi connectivity index (χ3v) is 4.05. The number of methoxy groups -OCH3 is 1. The van der Waals surface area contributed by atoms with Gasteiger partial charge in [-0.2, -0.15) is 0 Å². The van der Waals surface area contributed by atoms with E-state index in [9.17, 15) is 14.4 Å². The highest BCUT2D eigenvalue weighted by atomic mass is 16.5. The van der Waals surface area contributed by atoms with Gasteiger partial charge >= 0.3 is 17.9 Å². The average molecular weight is 418 g/mol. The van der Waals surface area contributed by atoms with Gasteiger partial charge in [0.1, 0.15) is 23.0 Å². The maximum Gasteiger partial charge on any atom is 0.343 e. The quantitative estimate of drug-likeness (QED) is 0.322. The number of benzene rings is 3. The smallest absolute Gasteiger partial charge is 0.343 e. The van der Waals surface area contributed by atoms with Crippen LogP contribution >= 0.6 is 0 Å². The highest BCUT2D eigenvalue weighted by molar-refractivity contribution is 5.92. The SMILES string of the molecule is C=CC(=O)Oc1ccc(C(=O)Oc2ccc(OC(=O)c3ccc(OC)cc3)cc2)cc1. The van der Waals surface area contributed by atoms with E-state index >= 15 is 0 Å². The standard InChI is InChI=1S/C24H18O7/c1-3-22(25)29-19-10-6-17(7-11-19)24(27)31-21-14-12-20(13-15-21)30-23(26)16-4-8-18(28-2)9-5-16/h3-15H,1H2,2H3. The van der Waals surface area contributed by atoms with Crippen LogP contribution in [0, 0.1) is 0 Å². The summed E-state index contributed by atoms with van der Waals surface area (Å²) in [6.45, 7) is 3.31. The topological polar surface area (TPSA) is 88.1 Å². The lowest BCUT2D eigenvalue weighted by atomic mass is 10.2. The van der Waals surface area contributed by atoms with Gasteiger partial charge in [0, 0.05) is 6.08 Å². The summed E-state index contributed by atoms with van der Waals surface area (Å²) < 4.78 is 20.6. The van der Waals surface area contributed by atoms with Gasteiger partial charge in [-0.25, -0.2) is 14.4 Å². The van der Waals surface area contributed by atoms with Gasteiger partial charge in [0.15, 0.2) is 0 Å². The molecule has 0 aromatic heterocycles. The van der Waals surface area contributed by atoms with E-state index in [0.717, 1.165) is 6.08 Å². The molecule has 0 heterocycles. The molecule has 0 unspecified atom stereocenters. The highest BCUT2D eigenvalue weighted by Crippen LogP contribution is 2.21. The molecule has 0 saturated carbocycles. The van der Waals surface area contributed by atoms with E-state index in [1.165, 1.54) is 55.6 Å². The van der Waals surface area contributed by atoms with E-state index in [2.05, 4.69) is 6.58 Å². The fraction of sp³-hybridized carbons (Fsp3) is 0.0417. The third-order valence-electron chi connectivity index (χ3n) is 4.05. The summed E-state index contributed by atoms with van der Waals surface area (Å²) in [5, 5.41) is 0. The van der Waals surface area contributed by atoms with Gasteiger partial charge < -0.3 is 18.9 Å². The summed E-state index contributed by atoms with van der Waals surface area (Å²) in [6.07, 6.45) is 1.04. The largest absolute Gasteiger partial charge is 0.497 e. The third kappa shape index (κ3) is 5.80. The molecule has 0 atom stereocenters. The molecule has 0 aliphatic heterocycles. The number of rotatable bonds is 7. The van der Waals surface area contributed by atoms with Gasteiger partial charge in [-0.05, 0) is 72.8 Å². The molecular formula is C24H18O7. The summed E-state index contributed by atoms with van der Waals surface area (Å²) in [7, 11) is 1.54. The van der Waals surface area contributed by atoms with Crippen molar-refractivity contribution in [2.24, 2.45) is 0 Å². The molecule has 3 aromatic rings. The molecule has 0 spiro atoms. The molecule has 0 amide bonds. The number of carbonyl (C=O) groups excluding carboxylic acids is 3. The van der Waals surface area contributed by atoms with E-state index in [0.29, 0.717) is 17.1 Å². The molecule has 0 bridgehead atoms. The summed E-state index contributed by atoms with van der Waals surface area (Å²) in [5.74, 6) is -0.220. The molecule has 3 rings (SSSR count). The molecular weight excluding hydrogens is 400 g/mol. The van der Waals surface area contributed by atoms with E-state index < -0.39 is 17.9 Å². The second-order valence-corrected chi connectivity index (χ2v) is 6.13. The van der Waals surface area contributed by atoms with Crippen molar-refractivity contribution < 1.29 is 33.3 Å². The normalized spacial score (nSPS) is 9.97. The van der Waals surface area contributed by atoms with Crippen molar-refractivity contribution in [2.45, 2.75) is 0 Å². The van der Waals surface area contributed by atoms with Crippen LogP contribution in [0.4, 0.5) is 0 Å². The number of esters is 3. The Hall–Kier alpha value is -4.39. The average Bonchev–Trinajstić information content (AvgIpc) is 2.80. The molecule has 0 aliphatic carbocycles. The van der Waals surface area contributed by atoms with Crippen molar-refractivity contribution in [1.29, 1.82) is 0 Å². The number of hydrogen-bond donors (Lipinski definition) is 0. The predicted molar refractivity (Wildman–Crippen MR) is 112 cm³/mol. The summed E-state index contributed by atoms with van der Waals surface area (Å²) in [6, 6.07) is 18.5. The Morgan fingerprint density at radius 2 is 0.968 bits per heavy atom. The van der Waals surface area contributed by atoms with E-state index in [-0.39, 0.29) is 17.1 Å². The van der Waals surface area contributed by atoms with E-state index in [4.69, 9.17) is 18.9 Å². The summed E-state index contributed by atoms with van der Waals surface area (Å²) in [4.78, 5) is 35.6. The van der Waals surface area contributed by atoms with Crippen molar-refractivity contribution in [3.05, 3.63) is 96.6 Å². The van der Waals surface area contributed by atoms with Crippen LogP contribution in [0.1, 0.15) is 20.7 Å². The maximum absolute atomic E-state index is 12.3. The zero-order valence-corrected chi connectivity index (χ0v) is 16.6. The van der Waals surface area contributed by atoms with Crippen LogP contribution in [0.25, 0.3) is 0 Å². The fourth-order valence-corrected chi connectivity index (χ4v) is 2.45. The van der Waals surface area contributed by atoms with Gasteiger partial charge in [0.05, 0.1) is 18.2 Å². The number of carbonyl (C=O) groups is 3. The zero-order valence-electron chi connectivity index (χ0n) is 16.6. The van der Waals surface area contributed by atoms with Crippen molar-refractivity contribution in [3.8, 4) is 23.0 Å². The fourth-order valence-electron chi connectivity index (χ4n) is 2.45. The van der Waals surface area contributed by atoms with Gasteiger partial charge in [-0.15, -0.1) is 0 Å². The Balaban J connectivity index is 1.58. The summed E-state index contributed by atoms with van der Waals surface area (Å²) in [5.41, 5.74) is 0.645. The number of ether oxygens (including phenoxy) is 4. The van der Waals surface area contributed by atoms with Crippen molar-refractivity contribution >= 4 is 17.9 Å². The first-order valence-corrected chi connectivity index (χ1v) is 9.11. The highest BCUT2D eigenvalue weighted by Gasteiger charge is 2.12. The zero-order chi connectivity index (χ0) is 22.2. The molecule has 156 valence electrons. The van der Waals surface area contributed by atoms with Gasteiger partial charge in [0.2, 0.25) is 0 Å². The Morgan fingerprint density at radius 1 is 0.613 bits per heavy atom. The van der Waals surface area contributed by atoms with Crippen LogP contribution in [0.3, 0.4) is 0 Å². The van der Waals surface area contributed by atoms with Crippen LogP contribution in [0.15, 0.2) is 85.5 Å². The lowest BCUT2D eigenvalue weighted by Crippen LogP contribution is -2.10. The molecule has 0 radical (unpaired) electrons. The lowest BCUT2D eigenvalue weighted by Gasteiger charge is -2.08. The molecule has 7 heteroatoms. The van der Waals surface area contributed by atoms with E-state index in [1.54, 1.807) is 24.3 Å². The molecule has 3 aromatic carbocycles. The Morgan fingerprint density at radius 3 is 1.35 bits per heavy atom. The second kappa shape index (κ2) is 9.89. The molecule has 0 N–H and O–H groups in total. The van der Waals surface area contributed by atoms with Crippen molar-refractivity contribution in [2.75, 3.05) is 7.11 Å². The maximum atomic E-state index is 12.3. The minimum absolute atomic E-state index is 0.272. The first kappa shape index (κ1) is 21.3.